The van der Waals surface area contributed by atoms with Gasteiger partial charge in [-0.3, -0.25) is 9.59 Å². The summed E-state index contributed by atoms with van der Waals surface area (Å²) in [5.41, 5.74) is 0. The molecule has 0 bridgehead atoms. The van der Waals surface area contributed by atoms with Crippen molar-refractivity contribution in [3.8, 4) is 0 Å². The van der Waals surface area contributed by atoms with Gasteiger partial charge in [-0.05, 0) is 24.3 Å². The first-order chi connectivity index (χ1) is 10.2. The molecule has 2 atom stereocenters. The van der Waals surface area contributed by atoms with E-state index in [1.165, 1.54) is 19.3 Å². The second-order valence-corrected chi connectivity index (χ2v) is 7.10. The van der Waals surface area contributed by atoms with Gasteiger partial charge < -0.3 is 10.2 Å². The first-order valence-electron chi connectivity index (χ1n) is 7.76. The maximum atomic E-state index is 12.6. The third-order valence-electron chi connectivity index (χ3n) is 4.71. The van der Waals surface area contributed by atoms with Crippen LogP contribution in [0.25, 0.3) is 0 Å². The summed E-state index contributed by atoms with van der Waals surface area (Å²) in [4.78, 5) is 27.5. The average molecular weight is 306 g/mol. The lowest BCUT2D eigenvalue weighted by Crippen LogP contribution is -2.41. The van der Waals surface area contributed by atoms with Crippen LogP contribution in [0.15, 0.2) is 17.5 Å². The molecule has 2 unspecified atom stereocenters. The fourth-order valence-electron chi connectivity index (χ4n) is 3.51. The number of nitrogens with zero attached hydrogens (tertiary/aromatic N) is 1. The molecule has 4 nitrogen and oxygen atoms in total. The van der Waals surface area contributed by atoms with Crippen molar-refractivity contribution in [2.24, 2.45) is 5.92 Å². The molecule has 114 valence electrons. The Hall–Kier alpha value is -1.36. The largest absolute Gasteiger partial charge is 0.353 e. The van der Waals surface area contributed by atoms with Gasteiger partial charge in [0.05, 0.1) is 12.0 Å². The molecule has 1 saturated carbocycles. The summed E-state index contributed by atoms with van der Waals surface area (Å²) in [7, 11) is 1.81. The number of carbonyl (C=O) groups excluding carboxylic acids is 2. The molecule has 21 heavy (non-hydrogen) atoms. The van der Waals surface area contributed by atoms with Crippen LogP contribution in [-0.4, -0.2) is 29.8 Å². The highest BCUT2D eigenvalue weighted by atomic mass is 32.1. The number of rotatable bonds is 3. The molecule has 3 rings (SSSR count). The molecule has 0 spiro atoms. The lowest BCUT2D eigenvalue weighted by molar-refractivity contribution is -0.128. The Kier molecular flexibility index (Phi) is 4.29. The van der Waals surface area contributed by atoms with Gasteiger partial charge in [0.2, 0.25) is 11.8 Å². The van der Waals surface area contributed by atoms with Crippen LogP contribution in [0.2, 0.25) is 0 Å². The minimum atomic E-state index is -0.247. The molecule has 1 saturated heterocycles. The van der Waals surface area contributed by atoms with E-state index < -0.39 is 0 Å². The molecule has 1 aliphatic carbocycles. The van der Waals surface area contributed by atoms with E-state index in [0.717, 1.165) is 17.7 Å². The Morgan fingerprint density at radius 3 is 2.76 bits per heavy atom. The van der Waals surface area contributed by atoms with E-state index in [1.807, 2.05) is 17.5 Å². The van der Waals surface area contributed by atoms with Crippen molar-refractivity contribution < 1.29 is 9.59 Å². The average Bonchev–Trinajstić information content (AvgIpc) is 3.09. The van der Waals surface area contributed by atoms with Crippen molar-refractivity contribution in [2.75, 3.05) is 7.05 Å². The van der Waals surface area contributed by atoms with E-state index in [4.69, 9.17) is 0 Å². The van der Waals surface area contributed by atoms with Crippen molar-refractivity contribution in [1.82, 2.24) is 10.2 Å². The highest BCUT2D eigenvalue weighted by molar-refractivity contribution is 7.10. The lowest BCUT2D eigenvalue weighted by atomic mass is 9.93. The first kappa shape index (κ1) is 14.6. The summed E-state index contributed by atoms with van der Waals surface area (Å²) in [5, 5.41) is 5.18. The Labute approximate surface area is 129 Å². The van der Waals surface area contributed by atoms with E-state index >= 15 is 0 Å². The van der Waals surface area contributed by atoms with Gasteiger partial charge in [-0.15, -0.1) is 11.3 Å². The van der Waals surface area contributed by atoms with E-state index in [9.17, 15) is 9.59 Å². The van der Waals surface area contributed by atoms with E-state index in [0.29, 0.717) is 12.5 Å². The predicted molar refractivity (Wildman–Crippen MR) is 83.0 cm³/mol. The van der Waals surface area contributed by atoms with E-state index in [-0.39, 0.29) is 23.8 Å². The van der Waals surface area contributed by atoms with Crippen LogP contribution in [0.4, 0.5) is 0 Å². The molecular weight excluding hydrogens is 284 g/mol. The molecule has 0 aromatic carbocycles. The summed E-state index contributed by atoms with van der Waals surface area (Å²) in [6.45, 7) is 0. The third-order valence-corrected chi connectivity index (χ3v) is 5.65. The number of carbonyl (C=O) groups is 2. The zero-order chi connectivity index (χ0) is 14.8. The van der Waals surface area contributed by atoms with Gasteiger partial charge in [0.25, 0.3) is 0 Å². The molecule has 2 heterocycles. The number of amides is 2. The van der Waals surface area contributed by atoms with Crippen molar-refractivity contribution >= 4 is 23.2 Å². The van der Waals surface area contributed by atoms with Crippen molar-refractivity contribution in [3.63, 3.8) is 0 Å². The number of hydrogen-bond donors (Lipinski definition) is 1. The lowest BCUT2D eigenvalue weighted by Gasteiger charge is -2.27. The molecular formula is C16H22N2O2S. The summed E-state index contributed by atoms with van der Waals surface area (Å²) in [5.74, 6) is -0.127. The number of nitrogens with one attached hydrogen (secondary N) is 1. The van der Waals surface area contributed by atoms with Crippen LogP contribution in [0.1, 0.15) is 49.4 Å². The van der Waals surface area contributed by atoms with Gasteiger partial charge in [0, 0.05) is 24.4 Å². The SMILES string of the molecule is CN1C(=O)CC(C(=O)NC2CCCCC2)C1c1cccs1. The molecule has 1 aromatic rings. The second kappa shape index (κ2) is 6.18. The molecule has 1 aromatic heterocycles. The van der Waals surface area contributed by atoms with Gasteiger partial charge in [-0.25, -0.2) is 0 Å². The smallest absolute Gasteiger partial charge is 0.226 e. The second-order valence-electron chi connectivity index (χ2n) is 6.12. The number of likely N-dealkylation sites (tertiary alicyclic amines) is 1. The fourth-order valence-corrected chi connectivity index (χ4v) is 4.44. The minimum Gasteiger partial charge on any atom is -0.353 e. The molecule has 0 radical (unpaired) electrons. The summed E-state index contributed by atoms with van der Waals surface area (Å²) >= 11 is 1.62. The summed E-state index contributed by atoms with van der Waals surface area (Å²) < 4.78 is 0. The maximum Gasteiger partial charge on any atom is 0.226 e. The van der Waals surface area contributed by atoms with Crippen LogP contribution in [0.5, 0.6) is 0 Å². The standard InChI is InChI=1S/C16H22N2O2S/c1-18-14(19)10-12(15(18)13-8-5-9-21-13)16(20)17-11-6-3-2-4-7-11/h5,8-9,11-12,15H,2-4,6-7,10H2,1H3,(H,17,20). The monoisotopic (exact) mass is 306 g/mol. The molecule has 2 aliphatic rings. The van der Waals surface area contributed by atoms with Crippen LogP contribution in [0.3, 0.4) is 0 Å². The normalized spacial score (nSPS) is 27.1. The fraction of sp³-hybridized carbons (Fsp3) is 0.625. The summed E-state index contributed by atoms with van der Waals surface area (Å²) in [6.07, 6.45) is 6.15. The van der Waals surface area contributed by atoms with Crippen LogP contribution >= 0.6 is 11.3 Å². The Balaban J connectivity index is 1.72. The molecule has 2 amide bonds. The van der Waals surface area contributed by atoms with Gasteiger partial charge >= 0.3 is 0 Å². The van der Waals surface area contributed by atoms with E-state index in [2.05, 4.69) is 5.32 Å². The number of thiophene rings is 1. The zero-order valence-corrected chi connectivity index (χ0v) is 13.2. The van der Waals surface area contributed by atoms with Crippen LogP contribution in [-0.2, 0) is 9.59 Å². The Morgan fingerprint density at radius 2 is 2.10 bits per heavy atom. The minimum absolute atomic E-state index is 0.0537. The van der Waals surface area contributed by atoms with Gasteiger partial charge in [-0.2, -0.15) is 0 Å². The maximum absolute atomic E-state index is 12.6. The topological polar surface area (TPSA) is 49.4 Å². The number of hydrogen-bond acceptors (Lipinski definition) is 3. The third kappa shape index (κ3) is 2.98. The van der Waals surface area contributed by atoms with Crippen LogP contribution in [0, 0.1) is 5.92 Å². The quantitative estimate of drug-likeness (QED) is 0.933. The highest BCUT2D eigenvalue weighted by Gasteiger charge is 2.43. The first-order valence-corrected chi connectivity index (χ1v) is 8.64. The van der Waals surface area contributed by atoms with Crippen molar-refractivity contribution in [3.05, 3.63) is 22.4 Å². The molecule has 2 fully saturated rings. The highest BCUT2D eigenvalue weighted by Crippen LogP contribution is 2.39. The Morgan fingerprint density at radius 1 is 1.33 bits per heavy atom. The molecule has 1 N–H and O–H groups in total. The molecule has 1 aliphatic heterocycles. The van der Waals surface area contributed by atoms with Crippen molar-refractivity contribution in [1.29, 1.82) is 0 Å². The molecule has 5 heteroatoms. The predicted octanol–water partition coefficient (Wildman–Crippen LogP) is 2.72. The van der Waals surface area contributed by atoms with Crippen LogP contribution < -0.4 is 5.32 Å². The van der Waals surface area contributed by atoms with Crippen molar-refractivity contribution in [2.45, 2.75) is 50.6 Å². The van der Waals surface area contributed by atoms with Gasteiger partial charge in [0.1, 0.15) is 0 Å². The van der Waals surface area contributed by atoms with Gasteiger partial charge in [0.15, 0.2) is 0 Å². The van der Waals surface area contributed by atoms with Gasteiger partial charge in [-0.1, -0.05) is 25.3 Å². The zero-order valence-electron chi connectivity index (χ0n) is 12.4. The van der Waals surface area contributed by atoms with E-state index in [1.54, 1.807) is 23.3 Å². The summed E-state index contributed by atoms with van der Waals surface area (Å²) in [6, 6.07) is 4.20. The Bertz CT molecular complexity index is 508.